The first kappa shape index (κ1) is 25.3. The Labute approximate surface area is 218 Å². The zero-order valence-corrected chi connectivity index (χ0v) is 21.7. The molecule has 9 heteroatoms. The van der Waals surface area contributed by atoms with Crippen molar-refractivity contribution in [3.8, 4) is 0 Å². The zero-order chi connectivity index (χ0) is 25.5. The highest BCUT2D eigenvalue weighted by Gasteiger charge is 2.26. The van der Waals surface area contributed by atoms with Crippen molar-refractivity contribution in [2.45, 2.75) is 70.9 Å². The van der Waals surface area contributed by atoms with Gasteiger partial charge in [-0.05, 0) is 88.6 Å². The number of anilines is 3. The van der Waals surface area contributed by atoms with Gasteiger partial charge in [0.15, 0.2) is 5.82 Å². The summed E-state index contributed by atoms with van der Waals surface area (Å²) < 4.78 is 0. The second-order valence-corrected chi connectivity index (χ2v) is 10.7. The van der Waals surface area contributed by atoms with Gasteiger partial charge in [-0.3, -0.25) is 19.8 Å². The molecule has 5 rings (SSSR count). The van der Waals surface area contributed by atoms with Crippen LogP contribution in [0.25, 0.3) is 0 Å². The predicted molar refractivity (Wildman–Crippen MR) is 144 cm³/mol. The normalized spacial score (nSPS) is 21.0. The number of pyridine rings is 1. The number of carbonyl (C=O) groups excluding carboxylic acids is 1. The first-order valence-corrected chi connectivity index (χ1v) is 13.6. The standard InChI is InChI=1S/C28H38N8O/c1-20-16-27(35-34-20)32-26-9-13-30-28(33-26)31-23-7-5-21(6-8-23)17-25(37)18-22-10-14-36(15-11-22)19-24-4-2-3-12-29-24/h2-4,9,12-13,16,21-23H,5-8,10-11,14-15,17-19H2,1H3,(H3,30,31,32,33,34,35). The topological polar surface area (TPSA) is 112 Å². The number of hydrogen-bond donors (Lipinski definition) is 3. The average molecular weight is 503 g/mol. The van der Waals surface area contributed by atoms with Crippen LogP contribution in [0.5, 0.6) is 0 Å². The molecular weight excluding hydrogens is 464 g/mol. The van der Waals surface area contributed by atoms with Gasteiger partial charge in [0.05, 0.1) is 5.69 Å². The Morgan fingerprint density at radius 2 is 1.76 bits per heavy atom. The number of rotatable bonds is 10. The van der Waals surface area contributed by atoms with Crippen molar-refractivity contribution in [2.24, 2.45) is 11.8 Å². The van der Waals surface area contributed by atoms with Gasteiger partial charge in [-0.25, -0.2) is 4.98 Å². The van der Waals surface area contributed by atoms with Crippen LogP contribution in [0, 0.1) is 18.8 Å². The lowest BCUT2D eigenvalue weighted by atomic mass is 9.81. The Balaban J connectivity index is 0.997. The smallest absolute Gasteiger partial charge is 0.224 e. The summed E-state index contributed by atoms with van der Waals surface area (Å²) >= 11 is 0. The van der Waals surface area contributed by atoms with Gasteiger partial charge < -0.3 is 10.6 Å². The van der Waals surface area contributed by atoms with E-state index in [1.807, 2.05) is 37.4 Å². The number of aryl methyl sites for hydroxylation is 1. The predicted octanol–water partition coefficient (Wildman–Crippen LogP) is 4.88. The van der Waals surface area contributed by atoms with Gasteiger partial charge in [-0.15, -0.1) is 0 Å². The molecule has 1 saturated heterocycles. The molecule has 0 atom stereocenters. The highest BCUT2D eigenvalue weighted by Crippen LogP contribution is 2.30. The molecule has 9 nitrogen and oxygen atoms in total. The monoisotopic (exact) mass is 502 g/mol. The average Bonchev–Trinajstić information content (AvgIpc) is 3.31. The van der Waals surface area contributed by atoms with E-state index in [2.05, 4.69) is 46.7 Å². The lowest BCUT2D eigenvalue weighted by Crippen LogP contribution is -2.34. The summed E-state index contributed by atoms with van der Waals surface area (Å²) in [7, 11) is 0. The van der Waals surface area contributed by atoms with Gasteiger partial charge in [0, 0.05) is 49.6 Å². The maximum absolute atomic E-state index is 12.8. The van der Waals surface area contributed by atoms with E-state index in [4.69, 9.17) is 0 Å². The van der Waals surface area contributed by atoms with Crippen LogP contribution in [0.4, 0.5) is 17.6 Å². The van der Waals surface area contributed by atoms with E-state index in [-0.39, 0.29) is 0 Å². The number of carbonyl (C=O) groups is 1. The molecule has 1 aliphatic carbocycles. The number of likely N-dealkylation sites (tertiary alicyclic amines) is 1. The molecule has 1 saturated carbocycles. The minimum absolute atomic E-state index is 0.345. The van der Waals surface area contributed by atoms with Crippen molar-refractivity contribution in [2.75, 3.05) is 23.7 Å². The summed E-state index contributed by atoms with van der Waals surface area (Å²) in [6.07, 6.45) is 11.6. The molecular formula is C28H38N8O. The Kier molecular flexibility index (Phi) is 8.40. The number of aromatic amines is 1. The largest absolute Gasteiger partial charge is 0.351 e. The highest BCUT2D eigenvalue weighted by molar-refractivity contribution is 5.78. The lowest BCUT2D eigenvalue weighted by molar-refractivity contribution is -0.121. The van der Waals surface area contributed by atoms with Crippen LogP contribution >= 0.6 is 0 Å². The van der Waals surface area contributed by atoms with Crippen molar-refractivity contribution in [1.82, 2.24) is 30.0 Å². The summed E-state index contributed by atoms with van der Waals surface area (Å²) in [4.78, 5) is 28.7. The van der Waals surface area contributed by atoms with Gasteiger partial charge in [0.25, 0.3) is 0 Å². The van der Waals surface area contributed by atoms with Crippen LogP contribution in [0.15, 0.2) is 42.7 Å². The van der Waals surface area contributed by atoms with Gasteiger partial charge in [-0.2, -0.15) is 10.1 Å². The van der Waals surface area contributed by atoms with Gasteiger partial charge >= 0.3 is 0 Å². The third-order valence-corrected chi connectivity index (χ3v) is 7.65. The maximum Gasteiger partial charge on any atom is 0.224 e. The van der Waals surface area contributed by atoms with Crippen LogP contribution in [-0.4, -0.2) is 55.0 Å². The molecule has 196 valence electrons. The summed E-state index contributed by atoms with van der Waals surface area (Å²) in [6.45, 7) is 5.00. The van der Waals surface area contributed by atoms with Crippen LogP contribution in [0.2, 0.25) is 0 Å². The van der Waals surface area contributed by atoms with E-state index in [1.54, 1.807) is 6.20 Å². The van der Waals surface area contributed by atoms with Crippen molar-refractivity contribution in [3.63, 3.8) is 0 Å². The molecule has 4 heterocycles. The van der Waals surface area contributed by atoms with Crippen molar-refractivity contribution in [3.05, 3.63) is 54.1 Å². The molecule has 0 radical (unpaired) electrons. The highest BCUT2D eigenvalue weighted by atomic mass is 16.1. The molecule has 0 bridgehead atoms. The molecule has 0 unspecified atom stereocenters. The van der Waals surface area contributed by atoms with E-state index in [9.17, 15) is 4.79 Å². The number of nitrogens with one attached hydrogen (secondary N) is 3. The van der Waals surface area contributed by atoms with E-state index < -0.39 is 0 Å². The van der Waals surface area contributed by atoms with E-state index >= 15 is 0 Å². The van der Waals surface area contributed by atoms with Crippen LogP contribution in [0.3, 0.4) is 0 Å². The molecule has 37 heavy (non-hydrogen) atoms. The molecule has 0 aromatic carbocycles. The van der Waals surface area contributed by atoms with E-state index in [0.717, 1.165) is 88.2 Å². The fourth-order valence-corrected chi connectivity index (χ4v) is 5.60. The number of ketones is 1. The van der Waals surface area contributed by atoms with Crippen LogP contribution in [-0.2, 0) is 11.3 Å². The quantitative estimate of drug-likeness (QED) is 0.360. The Morgan fingerprint density at radius 1 is 0.973 bits per heavy atom. The molecule has 0 amide bonds. The van der Waals surface area contributed by atoms with Crippen molar-refractivity contribution in [1.29, 1.82) is 0 Å². The first-order valence-electron chi connectivity index (χ1n) is 13.6. The van der Waals surface area contributed by atoms with Crippen molar-refractivity contribution < 1.29 is 4.79 Å². The maximum atomic E-state index is 12.8. The van der Waals surface area contributed by atoms with Crippen LogP contribution < -0.4 is 10.6 Å². The summed E-state index contributed by atoms with van der Waals surface area (Å²) in [5.74, 6) is 3.58. The van der Waals surface area contributed by atoms with Gasteiger partial charge in [-0.1, -0.05) is 6.07 Å². The minimum atomic E-state index is 0.345. The summed E-state index contributed by atoms with van der Waals surface area (Å²) in [5, 5.41) is 13.8. The lowest BCUT2D eigenvalue weighted by Gasteiger charge is -2.32. The number of hydrogen-bond acceptors (Lipinski definition) is 8. The van der Waals surface area contributed by atoms with Crippen LogP contribution in [0.1, 0.15) is 62.8 Å². The molecule has 3 aromatic rings. The van der Waals surface area contributed by atoms with Crippen molar-refractivity contribution >= 4 is 23.4 Å². The first-order chi connectivity index (χ1) is 18.1. The molecule has 0 spiro atoms. The third kappa shape index (κ3) is 7.58. The molecule has 2 aliphatic rings. The van der Waals surface area contributed by atoms with E-state index in [0.29, 0.717) is 35.4 Å². The van der Waals surface area contributed by atoms with Gasteiger partial charge in [0.1, 0.15) is 11.6 Å². The SMILES string of the molecule is Cc1cc(Nc2ccnc(NC3CCC(CC(=O)CC4CCN(Cc5ccccn5)CC4)CC3)n2)n[nH]1. The fraction of sp³-hybridized carbons (Fsp3) is 0.536. The number of nitrogens with zero attached hydrogens (tertiary/aromatic N) is 5. The minimum Gasteiger partial charge on any atom is -0.351 e. The Bertz CT molecular complexity index is 1130. The Hall–Kier alpha value is -3.33. The molecule has 3 aromatic heterocycles. The number of piperidine rings is 1. The third-order valence-electron chi connectivity index (χ3n) is 7.65. The Morgan fingerprint density at radius 3 is 2.46 bits per heavy atom. The number of aromatic nitrogens is 5. The number of H-pyrrole nitrogens is 1. The van der Waals surface area contributed by atoms with Gasteiger partial charge in [0.2, 0.25) is 5.95 Å². The zero-order valence-electron chi connectivity index (χ0n) is 21.7. The second kappa shape index (κ2) is 12.3. The summed E-state index contributed by atoms with van der Waals surface area (Å²) in [6, 6.07) is 10.2. The summed E-state index contributed by atoms with van der Waals surface area (Å²) in [5.41, 5.74) is 2.12. The second-order valence-electron chi connectivity index (χ2n) is 10.7. The van der Waals surface area contributed by atoms with E-state index in [1.165, 1.54) is 0 Å². The molecule has 3 N–H and O–H groups in total. The number of Topliss-reactive ketones (excluding diaryl/α,β-unsaturated/α-hetero) is 1. The molecule has 2 fully saturated rings. The fourth-order valence-electron chi connectivity index (χ4n) is 5.60. The molecule has 1 aliphatic heterocycles.